The molecule has 2 aromatic rings. The van der Waals surface area contributed by atoms with Gasteiger partial charge in [-0.1, -0.05) is 6.42 Å². The van der Waals surface area contributed by atoms with E-state index in [0.717, 1.165) is 50.3 Å². The summed E-state index contributed by atoms with van der Waals surface area (Å²) in [5.74, 6) is 1.18. The summed E-state index contributed by atoms with van der Waals surface area (Å²) in [5, 5.41) is 3.02. The fourth-order valence-corrected chi connectivity index (χ4v) is 4.92. The van der Waals surface area contributed by atoms with Gasteiger partial charge < -0.3 is 4.90 Å². The van der Waals surface area contributed by atoms with E-state index >= 15 is 0 Å². The molecule has 3 saturated heterocycles. The zero-order valence-electron chi connectivity index (χ0n) is 15.9. The molecule has 4 fully saturated rings. The van der Waals surface area contributed by atoms with E-state index in [1.54, 1.807) is 6.07 Å². The predicted octanol–water partition coefficient (Wildman–Crippen LogP) is 1.55. The molecule has 1 N–H and O–H groups in total. The van der Waals surface area contributed by atoms with Gasteiger partial charge in [0.05, 0.1) is 5.69 Å². The Morgan fingerprint density at radius 1 is 1.19 bits per heavy atom. The Labute approximate surface area is 158 Å². The summed E-state index contributed by atoms with van der Waals surface area (Å²) in [6.45, 7) is 5.33. The maximum absolute atomic E-state index is 12.8. The Morgan fingerprint density at radius 2 is 2.04 bits per heavy atom. The summed E-state index contributed by atoms with van der Waals surface area (Å²) in [5.41, 5.74) is 2.36. The molecule has 2 aromatic heterocycles. The number of rotatable bonds is 3. The second kappa shape index (κ2) is 6.48. The van der Waals surface area contributed by atoms with Crippen LogP contribution in [0.5, 0.6) is 0 Å². The van der Waals surface area contributed by atoms with Crippen LogP contribution >= 0.6 is 0 Å². The smallest absolute Gasteiger partial charge is 0.272 e. The number of aromatic nitrogens is 3. The van der Waals surface area contributed by atoms with Crippen molar-refractivity contribution in [3.63, 3.8) is 0 Å². The lowest BCUT2D eigenvalue weighted by molar-refractivity contribution is -0.138. The molecule has 4 aliphatic rings. The third-order valence-corrected chi connectivity index (χ3v) is 6.59. The summed E-state index contributed by atoms with van der Waals surface area (Å²) in [6.07, 6.45) is 5.66. The number of carbonyl (C=O) groups is 1. The maximum Gasteiger partial charge on any atom is 0.272 e. The van der Waals surface area contributed by atoms with Gasteiger partial charge in [0.25, 0.3) is 5.56 Å². The van der Waals surface area contributed by atoms with Crippen molar-refractivity contribution >= 4 is 11.6 Å². The Morgan fingerprint density at radius 3 is 2.81 bits per heavy atom. The van der Waals surface area contributed by atoms with Crippen LogP contribution in [0.25, 0.3) is 5.65 Å². The van der Waals surface area contributed by atoms with Crippen molar-refractivity contribution in [2.75, 3.05) is 19.6 Å². The first-order valence-corrected chi connectivity index (χ1v) is 10.2. The van der Waals surface area contributed by atoms with Gasteiger partial charge in [-0.25, -0.2) is 9.50 Å². The van der Waals surface area contributed by atoms with E-state index in [4.69, 9.17) is 0 Å². The molecular formula is C20H27N5O2. The largest absolute Gasteiger partial charge is 0.341 e. The van der Waals surface area contributed by atoms with E-state index in [-0.39, 0.29) is 11.5 Å². The molecule has 1 aliphatic carbocycles. The highest BCUT2D eigenvalue weighted by Crippen LogP contribution is 2.33. The molecule has 0 spiro atoms. The Bertz CT molecular complexity index is 928. The van der Waals surface area contributed by atoms with Crippen LogP contribution in [-0.4, -0.2) is 56.0 Å². The minimum Gasteiger partial charge on any atom is -0.341 e. The first-order chi connectivity index (χ1) is 13.1. The zero-order chi connectivity index (χ0) is 18.5. The second-order valence-electron chi connectivity index (χ2n) is 8.62. The second-order valence-corrected chi connectivity index (χ2v) is 8.62. The maximum atomic E-state index is 12.8. The molecule has 0 aromatic carbocycles. The molecule has 1 amide bonds. The third-order valence-electron chi connectivity index (χ3n) is 6.59. The highest BCUT2D eigenvalue weighted by Gasteiger charge is 2.39. The minimum atomic E-state index is -0.0649. The molecule has 0 radical (unpaired) electrons. The number of aromatic amines is 1. The molecule has 144 valence electrons. The third kappa shape index (κ3) is 3.08. The van der Waals surface area contributed by atoms with E-state index in [0.29, 0.717) is 30.1 Å². The summed E-state index contributed by atoms with van der Waals surface area (Å²) >= 11 is 0. The Kier molecular flexibility index (Phi) is 4.07. The van der Waals surface area contributed by atoms with E-state index < -0.39 is 0 Å². The van der Waals surface area contributed by atoms with Crippen LogP contribution in [0.3, 0.4) is 0 Å². The van der Waals surface area contributed by atoms with Crippen molar-refractivity contribution in [2.24, 2.45) is 11.8 Å². The van der Waals surface area contributed by atoms with Crippen LogP contribution in [0.2, 0.25) is 0 Å². The Balaban J connectivity index is 1.35. The fourth-order valence-electron chi connectivity index (χ4n) is 4.92. The van der Waals surface area contributed by atoms with Crippen molar-refractivity contribution in [1.82, 2.24) is 24.4 Å². The number of H-pyrrole nitrogens is 1. The van der Waals surface area contributed by atoms with Crippen molar-refractivity contribution in [3.8, 4) is 0 Å². The molecule has 1 saturated carbocycles. The van der Waals surface area contributed by atoms with Crippen molar-refractivity contribution < 1.29 is 4.79 Å². The van der Waals surface area contributed by atoms with Gasteiger partial charge in [0.1, 0.15) is 0 Å². The van der Waals surface area contributed by atoms with Gasteiger partial charge in [-0.15, -0.1) is 0 Å². The number of fused-ring (bicyclic) bond motifs is 5. The van der Waals surface area contributed by atoms with Gasteiger partial charge in [-0.2, -0.15) is 0 Å². The molecule has 2 atom stereocenters. The highest BCUT2D eigenvalue weighted by molar-refractivity contribution is 5.79. The quantitative estimate of drug-likeness (QED) is 0.891. The molecule has 6 rings (SSSR count). The number of piperidine rings is 1. The van der Waals surface area contributed by atoms with Gasteiger partial charge >= 0.3 is 0 Å². The topological polar surface area (TPSA) is 73.7 Å². The number of carbonyl (C=O) groups excluding carboxylic acids is 1. The fraction of sp³-hybridized carbons (Fsp3) is 0.650. The summed E-state index contributed by atoms with van der Waals surface area (Å²) in [7, 11) is 0. The average Bonchev–Trinajstić information content (AvgIpc) is 2.76. The molecular weight excluding hydrogens is 342 g/mol. The molecule has 3 aliphatic heterocycles. The molecule has 7 heteroatoms. The standard InChI is InChI=1S/C20H27N5O2/c1-13-7-18-21-16(8-19(26)25(18)22-13)11-23-9-14-5-6-17(23)12-24(10-14)20(27)15-3-2-4-15/h7-8,14-15,17,22H,2-6,9-12H2,1H3/t14-,17-/m1/s1. The van der Waals surface area contributed by atoms with Crippen molar-refractivity contribution in [1.29, 1.82) is 0 Å². The van der Waals surface area contributed by atoms with Gasteiger partial charge in [0.2, 0.25) is 5.91 Å². The van der Waals surface area contributed by atoms with E-state index in [9.17, 15) is 9.59 Å². The average molecular weight is 369 g/mol. The lowest BCUT2D eigenvalue weighted by Crippen LogP contribution is -2.45. The number of nitrogens with one attached hydrogen (secondary N) is 1. The summed E-state index contributed by atoms with van der Waals surface area (Å²) < 4.78 is 1.49. The SMILES string of the molecule is Cc1cc2nc(CN3C[C@H]4CC[C@@H]3CN(C(=O)C3CCC3)C4)cc(=O)n2[nH]1. The lowest BCUT2D eigenvalue weighted by Gasteiger charge is -2.36. The van der Waals surface area contributed by atoms with Crippen LogP contribution in [0.1, 0.15) is 43.5 Å². The molecule has 27 heavy (non-hydrogen) atoms. The van der Waals surface area contributed by atoms with Crippen LogP contribution in [0, 0.1) is 18.8 Å². The monoisotopic (exact) mass is 369 g/mol. The lowest BCUT2D eigenvalue weighted by atomic mass is 9.84. The van der Waals surface area contributed by atoms with E-state index in [2.05, 4.69) is 19.9 Å². The van der Waals surface area contributed by atoms with Crippen LogP contribution in [-0.2, 0) is 11.3 Å². The van der Waals surface area contributed by atoms with Gasteiger partial charge in [-0.05, 0) is 38.5 Å². The van der Waals surface area contributed by atoms with E-state index in [1.807, 2.05) is 13.0 Å². The molecule has 5 heterocycles. The minimum absolute atomic E-state index is 0.0649. The number of hydrogen-bond acceptors (Lipinski definition) is 4. The number of hydrogen-bond donors (Lipinski definition) is 1. The number of amides is 1. The van der Waals surface area contributed by atoms with Gasteiger partial charge in [0.15, 0.2) is 5.65 Å². The highest BCUT2D eigenvalue weighted by atomic mass is 16.2. The van der Waals surface area contributed by atoms with Crippen LogP contribution in [0.4, 0.5) is 0 Å². The first-order valence-electron chi connectivity index (χ1n) is 10.2. The number of aryl methyl sites for hydroxylation is 1. The molecule has 2 bridgehead atoms. The molecule has 7 nitrogen and oxygen atoms in total. The normalized spacial score (nSPS) is 26.3. The number of nitrogens with zero attached hydrogens (tertiary/aromatic N) is 4. The summed E-state index contributed by atoms with van der Waals surface area (Å²) in [6, 6.07) is 3.91. The predicted molar refractivity (Wildman–Crippen MR) is 101 cm³/mol. The summed E-state index contributed by atoms with van der Waals surface area (Å²) in [4.78, 5) is 34.4. The van der Waals surface area contributed by atoms with Crippen molar-refractivity contribution in [3.05, 3.63) is 33.9 Å². The van der Waals surface area contributed by atoms with E-state index in [1.165, 1.54) is 17.4 Å². The zero-order valence-corrected chi connectivity index (χ0v) is 15.9. The Hall–Kier alpha value is -2.15. The van der Waals surface area contributed by atoms with Crippen LogP contribution < -0.4 is 5.56 Å². The first kappa shape index (κ1) is 17.0. The van der Waals surface area contributed by atoms with Gasteiger partial charge in [0, 0.05) is 56.0 Å². The van der Waals surface area contributed by atoms with Crippen LogP contribution in [0.15, 0.2) is 16.9 Å². The van der Waals surface area contributed by atoms with Crippen molar-refractivity contribution in [2.45, 2.75) is 51.6 Å². The molecule has 0 unspecified atom stereocenters. The van der Waals surface area contributed by atoms with Gasteiger partial charge in [-0.3, -0.25) is 19.6 Å².